The fourth-order valence-corrected chi connectivity index (χ4v) is 2.30. The van der Waals surface area contributed by atoms with Crippen molar-refractivity contribution in [2.24, 2.45) is 20.8 Å². The standard InChI is InChI=1S/2C8H13N.C6H10N2/c1-8(2,3)7-4-5-9-6-7;1-8(2,3)7-5-4-6-9-7;1-6(2)8-5-3-4-7-8/h4,6H,5H2,1-3H3;4-5H,6H2,1-3H3;3-6H,1-2H3. The lowest BCUT2D eigenvalue weighted by atomic mass is 9.88. The molecule has 0 aliphatic carbocycles. The molecule has 0 saturated heterocycles. The summed E-state index contributed by atoms with van der Waals surface area (Å²) in [5.74, 6) is 0. The highest BCUT2D eigenvalue weighted by molar-refractivity contribution is 6.00. The van der Waals surface area contributed by atoms with Crippen LogP contribution >= 0.6 is 0 Å². The van der Waals surface area contributed by atoms with Gasteiger partial charge in [-0.05, 0) is 37.0 Å². The molecule has 4 nitrogen and oxygen atoms in total. The van der Waals surface area contributed by atoms with Gasteiger partial charge in [-0.3, -0.25) is 14.7 Å². The van der Waals surface area contributed by atoms with Crippen LogP contribution in [0.25, 0.3) is 0 Å². The molecule has 0 aromatic carbocycles. The van der Waals surface area contributed by atoms with Crippen LogP contribution in [-0.4, -0.2) is 34.8 Å². The minimum atomic E-state index is 0.243. The molecule has 0 atom stereocenters. The molecule has 0 amide bonds. The summed E-state index contributed by atoms with van der Waals surface area (Å²) >= 11 is 0. The van der Waals surface area contributed by atoms with Crippen LogP contribution in [0.4, 0.5) is 0 Å². The van der Waals surface area contributed by atoms with E-state index in [4.69, 9.17) is 0 Å². The molecular formula is C22H36N4. The molecule has 3 heterocycles. The molecule has 26 heavy (non-hydrogen) atoms. The largest absolute Gasteiger partial charge is 0.289 e. The Balaban J connectivity index is 0.000000195. The van der Waals surface area contributed by atoms with E-state index in [-0.39, 0.29) is 5.41 Å². The van der Waals surface area contributed by atoms with E-state index in [0.717, 1.165) is 13.1 Å². The van der Waals surface area contributed by atoms with Crippen LogP contribution in [0.5, 0.6) is 0 Å². The number of allylic oxidation sites excluding steroid dienone is 2. The van der Waals surface area contributed by atoms with Crippen LogP contribution in [0.2, 0.25) is 0 Å². The maximum absolute atomic E-state index is 4.31. The van der Waals surface area contributed by atoms with Crippen LogP contribution in [0.3, 0.4) is 0 Å². The van der Waals surface area contributed by atoms with E-state index in [9.17, 15) is 0 Å². The number of aliphatic imine (C=N–C) groups is 2. The zero-order chi connectivity index (χ0) is 19.8. The van der Waals surface area contributed by atoms with Gasteiger partial charge in [-0.1, -0.05) is 53.7 Å². The highest BCUT2D eigenvalue weighted by Gasteiger charge is 2.17. The van der Waals surface area contributed by atoms with E-state index < -0.39 is 0 Å². The minimum Gasteiger partial charge on any atom is -0.289 e. The third kappa shape index (κ3) is 7.94. The summed E-state index contributed by atoms with van der Waals surface area (Å²) in [5, 5.41) is 4.03. The lowest BCUT2D eigenvalue weighted by Gasteiger charge is -2.16. The topological polar surface area (TPSA) is 42.5 Å². The van der Waals surface area contributed by atoms with Gasteiger partial charge in [0.1, 0.15) is 0 Å². The van der Waals surface area contributed by atoms with E-state index in [1.807, 2.05) is 23.2 Å². The Morgan fingerprint density at radius 2 is 1.69 bits per heavy atom. The molecule has 3 rings (SSSR count). The van der Waals surface area contributed by atoms with Crippen molar-refractivity contribution in [3.8, 4) is 0 Å². The first-order valence-corrected chi connectivity index (χ1v) is 9.43. The van der Waals surface area contributed by atoms with Gasteiger partial charge in [0.05, 0.1) is 13.1 Å². The molecule has 1 aromatic rings. The van der Waals surface area contributed by atoms with Crippen molar-refractivity contribution >= 4 is 11.9 Å². The van der Waals surface area contributed by atoms with Gasteiger partial charge in [-0.2, -0.15) is 5.10 Å². The average molecular weight is 357 g/mol. The molecule has 144 valence electrons. The first kappa shape index (κ1) is 22.1. The van der Waals surface area contributed by atoms with Crippen LogP contribution < -0.4 is 0 Å². The first-order valence-electron chi connectivity index (χ1n) is 9.43. The van der Waals surface area contributed by atoms with Gasteiger partial charge in [0, 0.05) is 35.8 Å². The molecule has 1 aromatic heterocycles. The second-order valence-corrected chi connectivity index (χ2v) is 8.86. The second-order valence-electron chi connectivity index (χ2n) is 8.86. The highest BCUT2D eigenvalue weighted by atomic mass is 15.3. The maximum atomic E-state index is 4.31. The van der Waals surface area contributed by atoms with Gasteiger partial charge in [0.25, 0.3) is 0 Å². The predicted molar refractivity (Wildman–Crippen MR) is 114 cm³/mol. The normalized spacial score (nSPS) is 15.9. The Labute approximate surface area is 159 Å². The van der Waals surface area contributed by atoms with Crippen molar-refractivity contribution in [2.75, 3.05) is 13.1 Å². The molecular weight excluding hydrogens is 320 g/mol. The van der Waals surface area contributed by atoms with E-state index >= 15 is 0 Å². The van der Waals surface area contributed by atoms with Crippen molar-refractivity contribution in [2.45, 2.75) is 61.4 Å². The molecule has 0 unspecified atom stereocenters. The molecule has 4 heteroatoms. The first-order chi connectivity index (χ1) is 12.0. The molecule has 2 aliphatic heterocycles. The van der Waals surface area contributed by atoms with Gasteiger partial charge in [-0.15, -0.1) is 0 Å². The van der Waals surface area contributed by atoms with Crippen molar-refractivity contribution in [3.05, 3.63) is 42.3 Å². The van der Waals surface area contributed by atoms with Crippen LogP contribution in [0.1, 0.15) is 61.4 Å². The molecule has 0 fully saturated rings. The zero-order valence-electron chi connectivity index (χ0n) is 17.8. The quantitative estimate of drug-likeness (QED) is 0.650. The van der Waals surface area contributed by atoms with Crippen molar-refractivity contribution in [3.63, 3.8) is 0 Å². The third-order valence-corrected chi connectivity index (χ3v) is 3.98. The Kier molecular flexibility index (Phi) is 8.19. The zero-order valence-corrected chi connectivity index (χ0v) is 17.8. The summed E-state index contributed by atoms with van der Waals surface area (Å²) < 4.78 is 1.92. The Bertz CT molecular complexity index is 605. The van der Waals surface area contributed by atoms with E-state index in [0.29, 0.717) is 11.5 Å². The number of hydrogen-bond acceptors (Lipinski definition) is 3. The summed E-state index contributed by atoms with van der Waals surface area (Å²) in [6.07, 6.45) is 12.1. The van der Waals surface area contributed by atoms with E-state index in [1.165, 1.54) is 11.3 Å². The van der Waals surface area contributed by atoms with Crippen LogP contribution in [-0.2, 0) is 0 Å². The van der Waals surface area contributed by atoms with Gasteiger partial charge >= 0.3 is 0 Å². The highest BCUT2D eigenvalue weighted by Crippen LogP contribution is 2.25. The van der Waals surface area contributed by atoms with Gasteiger partial charge < -0.3 is 0 Å². The molecule has 0 bridgehead atoms. The lowest BCUT2D eigenvalue weighted by molar-refractivity contribution is 0.527. The fourth-order valence-electron chi connectivity index (χ4n) is 2.30. The number of hydrogen-bond donors (Lipinski definition) is 0. The van der Waals surface area contributed by atoms with Crippen molar-refractivity contribution in [1.82, 2.24) is 9.78 Å². The fraction of sp³-hybridized carbons (Fsp3) is 0.591. The summed E-state index contributed by atoms with van der Waals surface area (Å²) in [5.41, 5.74) is 3.12. The van der Waals surface area contributed by atoms with Crippen LogP contribution in [0.15, 0.2) is 52.2 Å². The Hall–Kier alpha value is -1.97. The van der Waals surface area contributed by atoms with Crippen LogP contribution in [0, 0.1) is 10.8 Å². The van der Waals surface area contributed by atoms with Gasteiger partial charge in [0.15, 0.2) is 0 Å². The minimum absolute atomic E-state index is 0.243. The number of nitrogens with zero attached hydrogens (tertiary/aromatic N) is 4. The monoisotopic (exact) mass is 356 g/mol. The van der Waals surface area contributed by atoms with E-state index in [2.05, 4.69) is 88.7 Å². The maximum Gasteiger partial charge on any atom is 0.0577 e. The molecule has 0 N–H and O–H groups in total. The number of aromatic nitrogens is 2. The molecule has 0 radical (unpaired) electrons. The Morgan fingerprint density at radius 3 is 1.92 bits per heavy atom. The van der Waals surface area contributed by atoms with Crippen molar-refractivity contribution < 1.29 is 0 Å². The molecule has 0 spiro atoms. The van der Waals surface area contributed by atoms with E-state index in [1.54, 1.807) is 6.20 Å². The molecule has 0 saturated carbocycles. The summed E-state index contributed by atoms with van der Waals surface area (Å²) in [7, 11) is 0. The summed E-state index contributed by atoms with van der Waals surface area (Å²) in [6, 6.07) is 2.42. The predicted octanol–water partition coefficient (Wildman–Crippen LogP) is 5.55. The summed E-state index contributed by atoms with van der Waals surface area (Å²) in [4.78, 5) is 8.43. The average Bonchev–Trinajstić information content (AvgIpc) is 3.28. The summed E-state index contributed by atoms with van der Waals surface area (Å²) in [6.45, 7) is 19.1. The van der Waals surface area contributed by atoms with Crippen molar-refractivity contribution in [1.29, 1.82) is 0 Å². The van der Waals surface area contributed by atoms with Gasteiger partial charge in [-0.25, -0.2) is 0 Å². The SMILES string of the molecule is CC(C)(C)C1=CCN=C1.CC(C)(C)C1=NCC=C1.CC(C)n1cccn1. The number of rotatable bonds is 1. The second kappa shape index (κ2) is 9.65. The Morgan fingerprint density at radius 1 is 1.00 bits per heavy atom. The van der Waals surface area contributed by atoms with Gasteiger partial charge in [0.2, 0.25) is 0 Å². The third-order valence-electron chi connectivity index (χ3n) is 3.98. The lowest BCUT2D eigenvalue weighted by Crippen LogP contribution is -2.16. The molecule has 2 aliphatic rings. The smallest absolute Gasteiger partial charge is 0.0577 e.